The molecule has 0 saturated carbocycles. The van der Waals surface area contributed by atoms with Gasteiger partial charge in [-0.25, -0.2) is 4.98 Å². The molecule has 104 valence electrons. The van der Waals surface area contributed by atoms with Crippen LogP contribution in [0.15, 0.2) is 18.2 Å². The van der Waals surface area contributed by atoms with Crippen molar-refractivity contribution in [2.24, 2.45) is 7.05 Å². The van der Waals surface area contributed by atoms with Crippen LogP contribution in [0.1, 0.15) is 12.7 Å². The maximum absolute atomic E-state index is 14.0. The molecule has 1 aromatic heterocycles. The Kier molecular flexibility index (Phi) is 3.75. The number of hydrogen-bond donors (Lipinski definition) is 1. The second-order valence-corrected chi connectivity index (χ2v) is 4.49. The monoisotopic (exact) mass is 290 g/mol. The number of rotatable bonds is 4. The van der Waals surface area contributed by atoms with Crippen LogP contribution in [0.2, 0.25) is 5.02 Å². The summed E-state index contributed by atoms with van der Waals surface area (Å²) in [5, 5.41) is 9.79. The van der Waals surface area contributed by atoms with Crippen molar-refractivity contribution in [3.8, 4) is 0 Å². The summed E-state index contributed by atoms with van der Waals surface area (Å²) in [5.41, 5.74) is 0.844. The SMILES string of the molecule is CCOC(O)C(F)(F)c1nc2cc(Cl)ccc2n1C. The molecular formula is C12H13ClF2N2O2. The van der Waals surface area contributed by atoms with Crippen molar-refractivity contribution in [2.75, 3.05) is 6.61 Å². The van der Waals surface area contributed by atoms with Gasteiger partial charge in [0.15, 0.2) is 5.82 Å². The Hall–Kier alpha value is -1.24. The predicted molar refractivity (Wildman–Crippen MR) is 67.3 cm³/mol. The number of hydrogen-bond acceptors (Lipinski definition) is 3. The minimum atomic E-state index is -3.60. The first-order chi connectivity index (χ1) is 8.87. The van der Waals surface area contributed by atoms with E-state index in [4.69, 9.17) is 11.6 Å². The smallest absolute Gasteiger partial charge is 0.354 e. The van der Waals surface area contributed by atoms with Gasteiger partial charge in [-0.2, -0.15) is 8.78 Å². The van der Waals surface area contributed by atoms with Crippen molar-refractivity contribution >= 4 is 22.6 Å². The van der Waals surface area contributed by atoms with E-state index in [9.17, 15) is 13.9 Å². The second kappa shape index (κ2) is 5.03. The summed E-state index contributed by atoms with van der Waals surface area (Å²) in [6, 6.07) is 4.67. The number of imidazole rings is 1. The third-order valence-corrected chi connectivity index (χ3v) is 3.01. The van der Waals surface area contributed by atoms with E-state index in [1.54, 1.807) is 12.1 Å². The van der Waals surface area contributed by atoms with E-state index in [0.29, 0.717) is 16.1 Å². The van der Waals surface area contributed by atoms with Gasteiger partial charge in [-0.05, 0) is 25.1 Å². The number of fused-ring (bicyclic) bond motifs is 1. The normalized spacial score (nSPS) is 14.0. The van der Waals surface area contributed by atoms with Crippen molar-refractivity contribution in [1.82, 2.24) is 9.55 Å². The molecule has 0 aliphatic rings. The Morgan fingerprint density at radius 1 is 1.53 bits per heavy atom. The first kappa shape index (κ1) is 14.2. The first-order valence-corrected chi connectivity index (χ1v) is 6.05. The third kappa shape index (κ3) is 2.43. The third-order valence-electron chi connectivity index (χ3n) is 2.78. The average molecular weight is 291 g/mol. The zero-order valence-electron chi connectivity index (χ0n) is 10.4. The largest absolute Gasteiger partial charge is 0.363 e. The molecule has 0 bridgehead atoms. The summed E-state index contributed by atoms with van der Waals surface area (Å²) in [6.45, 7) is 1.50. The molecule has 0 aliphatic carbocycles. The molecule has 0 aliphatic heterocycles. The van der Waals surface area contributed by atoms with Gasteiger partial charge in [0.2, 0.25) is 6.29 Å². The van der Waals surface area contributed by atoms with Crippen LogP contribution >= 0.6 is 11.6 Å². The summed E-state index contributed by atoms with van der Waals surface area (Å²) in [4.78, 5) is 3.84. The molecule has 1 heterocycles. The zero-order chi connectivity index (χ0) is 14.2. The molecular weight excluding hydrogens is 278 g/mol. The van der Waals surface area contributed by atoms with Crippen molar-refractivity contribution in [1.29, 1.82) is 0 Å². The highest BCUT2D eigenvalue weighted by Crippen LogP contribution is 2.33. The lowest BCUT2D eigenvalue weighted by atomic mass is 10.3. The molecule has 0 radical (unpaired) electrons. The Balaban J connectivity index is 2.53. The predicted octanol–water partition coefficient (Wildman–Crippen LogP) is 2.67. The maximum atomic E-state index is 14.0. The van der Waals surface area contributed by atoms with Crippen LogP contribution in [0, 0.1) is 0 Å². The molecule has 2 aromatic rings. The van der Waals surface area contributed by atoms with Gasteiger partial charge in [-0.3, -0.25) is 0 Å². The van der Waals surface area contributed by atoms with Gasteiger partial charge < -0.3 is 14.4 Å². The molecule has 0 fully saturated rings. The summed E-state index contributed by atoms with van der Waals surface area (Å²) >= 11 is 5.80. The summed E-state index contributed by atoms with van der Waals surface area (Å²) in [7, 11) is 1.45. The Morgan fingerprint density at radius 3 is 2.84 bits per heavy atom. The summed E-state index contributed by atoms with van der Waals surface area (Å²) in [5.74, 6) is -4.17. The van der Waals surface area contributed by atoms with Crippen LogP contribution in [0.4, 0.5) is 8.78 Å². The van der Waals surface area contributed by atoms with E-state index in [1.807, 2.05) is 0 Å². The number of benzene rings is 1. The van der Waals surface area contributed by atoms with Gasteiger partial charge in [0.25, 0.3) is 0 Å². The molecule has 0 saturated heterocycles. The van der Waals surface area contributed by atoms with Gasteiger partial charge in [0, 0.05) is 18.7 Å². The lowest BCUT2D eigenvalue weighted by Gasteiger charge is -2.21. The Bertz CT molecular complexity index is 601. The van der Waals surface area contributed by atoms with Gasteiger partial charge in [0.05, 0.1) is 11.0 Å². The van der Waals surface area contributed by atoms with Crippen LogP contribution in [0.5, 0.6) is 0 Å². The second-order valence-electron chi connectivity index (χ2n) is 4.06. The summed E-state index contributed by atoms with van der Waals surface area (Å²) < 4.78 is 33.9. The van der Waals surface area contributed by atoms with E-state index in [1.165, 1.54) is 24.6 Å². The van der Waals surface area contributed by atoms with Crippen LogP contribution in [-0.2, 0) is 17.7 Å². The molecule has 2 rings (SSSR count). The number of aryl methyl sites for hydroxylation is 1. The molecule has 19 heavy (non-hydrogen) atoms. The van der Waals surface area contributed by atoms with Gasteiger partial charge in [-0.15, -0.1) is 0 Å². The highest BCUT2D eigenvalue weighted by atomic mass is 35.5. The molecule has 0 spiro atoms. The van der Waals surface area contributed by atoms with Crippen molar-refractivity contribution in [3.63, 3.8) is 0 Å². The molecule has 4 nitrogen and oxygen atoms in total. The standard InChI is InChI=1S/C12H13ClF2N2O2/c1-3-19-11(18)12(14,15)10-16-8-6-7(13)4-5-9(8)17(10)2/h4-6,11,18H,3H2,1-2H3. The van der Waals surface area contributed by atoms with E-state index < -0.39 is 18.0 Å². The Labute approximate surface area is 113 Å². The van der Waals surface area contributed by atoms with Crippen LogP contribution in [-0.4, -0.2) is 27.6 Å². The fourth-order valence-electron chi connectivity index (χ4n) is 1.84. The van der Waals surface area contributed by atoms with Crippen molar-refractivity contribution in [2.45, 2.75) is 19.1 Å². The van der Waals surface area contributed by atoms with Crippen LogP contribution in [0.3, 0.4) is 0 Å². The average Bonchev–Trinajstić information content (AvgIpc) is 2.67. The zero-order valence-corrected chi connectivity index (χ0v) is 11.2. The van der Waals surface area contributed by atoms with Crippen molar-refractivity contribution in [3.05, 3.63) is 29.0 Å². The number of alkyl halides is 2. The number of nitrogens with zero attached hydrogens (tertiary/aromatic N) is 2. The minimum absolute atomic E-state index is 0.0213. The number of aromatic nitrogens is 2. The number of aliphatic hydroxyl groups excluding tert-OH is 1. The highest BCUT2D eigenvalue weighted by Gasteiger charge is 2.45. The molecule has 1 N–H and O–H groups in total. The van der Waals surface area contributed by atoms with Gasteiger partial charge in [0.1, 0.15) is 0 Å². The summed E-state index contributed by atoms with van der Waals surface area (Å²) in [6.07, 6.45) is -2.23. The maximum Gasteiger partial charge on any atom is 0.354 e. The quantitative estimate of drug-likeness (QED) is 0.881. The molecule has 1 atom stereocenters. The van der Waals surface area contributed by atoms with E-state index in [0.717, 1.165) is 0 Å². The molecule has 1 aromatic carbocycles. The fourth-order valence-corrected chi connectivity index (χ4v) is 2.01. The number of halogens is 3. The van der Waals surface area contributed by atoms with Crippen LogP contribution < -0.4 is 0 Å². The minimum Gasteiger partial charge on any atom is -0.363 e. The van der Waals surface area contributed by atoms with E-state index >= 15 is 0 Å². The lowest BCUT2D eigenvalue weighted by molar-refractivity contribution is -0.242. The topological polar surface area (TPSA) is 47.3 Å². The van der Waals surface area contributed by atoms with Gasteiger partial charge in [-0.1, -0.05) is 11.6 Å². The fraction of sp³-hybridized carbons (Fsp3) is 0.417. The lowest BCUT2D eigenvalue weighted by Crippen LogP contribution is -2.35. The first-order valence-electron chi connectivity index (χ1n) is 5.67. The van der Waals surface area contributed by atoms with Crippen LogP contribution in [0.25, 0.3) is 11.0 Å². The molecule has 7 heteroatoms. The molecule has 0 amide bonds. The van der Waals surface area contributed by atoms with Crippen molar-refractivity contribution < 1.29 is 18.6 Å². The number of aliphatic hydroxyl groups is 1. The van der Waals surface area contributed by atoms with E-state index in [-0.39, 0.29) is 6.61 Å². The van der Waals surface area contributed by atoms with Gasteiger partial charge >= 0.3 is 5.92 Å². The Morgan fingerprint density at radius 2 is 2.21 bits per heavy atom. The molecule has 1 unspecified atom stereocenters. The van der Waals surface area contributed by atoms with E-state index in [2.05, 4.69) is 9.72 Å². The number of ether oxygens (including phenoxy) is 1. The highest BCUT2D eigenvalue weighted by molar-refractivity contribution is 6.31.